The molecule has 1 aromatic rings. The van der Waals surface area contributed by atoms with Gasteiger partial charge in [-0.3, -0.25) is 0 Å². The van der Waals surface area contributed by atoms with Crippen LogP contribution in [-0.4, -0.2) is 40.0 Å². The van der Waals surface area contributed by atoms with E-state index >= 15 is 0 Å². The molecule has 4 heteroatoms. The van der Waals surface area contributed by atoms with E-state index in [2.05, 4.69) is 11.4 Å². The van der Waals surface area contributed by atoms with E-state index in [1.54, 1.807) is 7.11 Å². The molecule has 1 heterocycles. The van der Waals surface area contributed by atoms with Gasteiger partial charge in [0.1, 0.15) is 5.75 Å². The van der Waals surface area contributed by atoms with E-state index in [4.69, 9.17) is 14.2 Å². The topological polar surface area (TPSA) is 39.7 Å². The van der Waals surface area contributed by atoms with Gasteiger partial charge < -0.3 is 19.5 Å². The van der Waals surface area contributed by atoms with Crippen molar-refractivity contribution in [1.82, 2.24) is 5.32 Å². The van der Waals surface area contributed by atoms with Crippen LogP contribution < -0.4 is 10.1 Å². The van der Waals surface area contributed by atoms with E-state index < -0.39 is 0 Å². The van der Waals surface area contributed by atoms with Gasteiger partial charge in [0, 0.05) is 18.7 Å². The summed E-state index contributed by atoms with van der Waals surface area (Å²) < 4.78 is 17.2. The van der Waals surface area contributed by atoms with Gasteiger partial charge in [0.25, 0.3) is 0 Å². The second-order valence-electron chi connectivity index (χ2n) is 5.11. The second kappa shape index (κ2) is 8.25. The van der Waals surface area contributed by atoms with Crippen LogP contribution in [0.4, 0.5) is 0 Å². The Balaban J connectivity index is 1.98. The molecule has 0 spiro atoms. The molecule has 1 aromatic carbocycles. The third-order valence-electron chi connectivity index (χ3n) is 3.63. The predicted octanol–water partition coefficient (Wildman–Crippen LogP) is 2.54. The van der Waals surface area contributed by atoms with Crippen molar-refractivity contribution < 1.29 is 14.2 Å². The summed E-state index contributed by atoms with van der Waals surface area (Å²) in [5.41, 5.74) is 1.08. The molecule has 1 fully saturated rings. The number of ether oxygens (including phenoxy) is 3. The lowest BCUT2D eigenvalue weighted by molar-refractivity contribution is -0.0634. The number of rotatable bonds is 7. The monoisotopic (exact) mass is 279 g/mol. The Morgan fingerprint density at radius 1 is 1.35 bits per heavy atom. The minimum Gasteiger partial charge on any atom is -0.496 e. The minimum absolute atomic E-state index is 0.0123. The first kappa shape index (κ1) is 15.3. The van der Waals surface area contributed by atoms with E-state index in [0.29, 0.717) is 6.61 Å². The Labute approximate surface area is 121 Å². The molecule has 0 aromatic heterocycles. The van der Waals surface area contributed by atoms with Gasteiger partial charge >= 0.3 is 0 Å². The van der Waals surface area contributed by atoms with E-state index in [-0.39, 0.29) is 12.2 Å². The molecule has 0 amide bonds. The van der Waals surface area contributed by atoms with Crippen molar-refractivity contribution in [1.29, 1.82) is 0 Å². The van der Waals surface area contributed by atoms with Crippen molar-refractivity contribution >= 4 is 0 Å². The Morgan fingerprint density at radius 3 is 2.90 bits per heavy atom. The largest absolute Gasteiger partial charge is 0.496 e. The molecule has 2 atom stereocenters. The highest BCUT2D eigenvalue weighted by atomic mass is 16.5. The fourth-order valence-electron chi connectivity index (χ4n) is 2.54. The number of methoxy groups -OCH3 is 1. The zero-order valence-electron chi connectivity index (χ0n) is 12.4. The van der Waals surface area contributed by atoms with E-state index in [1.807, 2.05) is 25.2 Å². The first-order valence-electron chi connectivity index (χ1n) is 7.36. The molecule has 2 rings (SSSR count). The van der Waals surface area contributed by atoms with E-state index in [1.165, 1.54) is 12.8 Å². The van der Waals surface area contributed by atoms with Crippen LogP contribution in [0.3, 0.4) is 0 Å². The summed E-state index contributed by atoms with van der Waals surface area (Å²) in [4.78, 5) is 0. The average molecular weight is 279 g/mol. The maximum Gasteiger partial charge on any atom is 0.124 e. The molecular formula is C16H25NO3. The molecule has 4 nitrogen and oxygen atoms in total. The fraction of sp³-hybridized carbons (Fsp3) is 0.625. The summed E-state index contributed by atoms with van der Waals surface area (Å²) in [6, 6.07) is 8.02. The van der Waals surface area contributed by atoms with Crippen LogP contribution in [0.25, 0.3) is 0 Å². The van der Waals surface area contributed by atoms with Crippen LogP contribution in [0.2, 0.25) is 0 Å². The number of benzene rings is 1. The van der Waals surface area contributed by atoms with E-state index in [9.17, 15) is 0 Å². The zero-order valence-corrected chi connectivity index (χ0v) is 12.4. The lowest BCUT2D eigenvalue weighted by Crippen LogP contribution is -2.28. The molecule has 112 valence electrons. The van der Waals surface area contributed by atoms with Gasteiger partial charge in [-0.05, 0) is 32.4 Å². The molecule has 1 N–H and O–H groups in total. The first-order chi connectivity index (χ1) is 9.85. The van der Waals surface area contributed by atoms with Gasteiger partial charge in [-0.15, -0.1) is 0 Å². The third-order valence-corrected chi connectivity index (χ3v) is 3.63. The van der Waals surface area contributed by atoms with Crippen molar-refractivity contribution in [3.8, 4) is 5.75 Å². The molecule has 20 heavy (non-hydrogen) atoms. The van der Waals surface area contributed by atoms with Crippen LogP contribution in [0.5, 0.6) is 5.75 Å². The predicted molar refractivity (Wildman–Crippen MR) is 79.2 cm³/mol. The Hall–Kier alpha value is -1.10. The standard InChI is InChI=1S/C16H25NO3/c1-17-11-16(14-8-3-4-9-15(14)18-2)20-12-13-7-5-6-10-19-13/h3-4,8-9,13,16-17H,5-7,10-12H2,1-2H3. The number of hydrogen-bond donors (Lipinski definition) is 1. The van der Waals surface area contributed by atoms with Crippen LogP contribution in [0.1, 0.15) is 30.9 Å². The highest BCUT2D eigenvalue weighted by Crippen LogP contribution is 2.27. The van der Waals surface area contributed by atoms with Crippen molar-refractivity contribution in [2.75, 3.05) is 33.9 Å². The fourth-order valence-corrected chi connectivity index (χ4v) is 2.54. The van der Waals surface area contributed by atoms with Crippen LogP contribution in [0.15, 0.2) is 24.3 Å². The van der Waals surface area contributed by atoms with Gasteiger partial charge in [-0.1, -0.05) is 18.2 Å². The molecule has 0 bridgehead atoms. The lowest BCUT2D eigenvalue weighted by atomic mass is 10.1. The number of likely N-dealkylation sites (N-methyl/N-ethyl adjacent to an activating group) is 1. The van der Waals surface area contributed by atoms with Gasteiger partial charge in [-0.25, -0.2) is 0 Å². The Kier molecular flexibility index (Phi) is 6.30. The molecule has 0 saturated carbocycles. The number of hydrogen-bond acceptors (Lipinski definition) is 4. The summed E-state index contributed by atoms with van der Waals surface area (Å²) >= 11 is 0. The van der Waals surface area contributed by atoms with Crippen LogP contribution >= 0.6 is 0 Å². The smallest absolute Gasteiger partial charge is 0.124 e. The average Bonchev–Trinajstić information content (AvgIpc) is 2.52. The highest BCUT2D eigenvalue weighted by Gasteiger charge is 2.20. The first-order valence-corrected chi connectivity index (χ1v) is 7.36. The molecule has 0 aliphatic carbocycles. The van der Waals surface area contributed by atoms with Gasteiger partial charge in [-0.2, -0.15) is 0 Å². The third kappa shape index (κ3) is 4.20. The molecule has 1 aliphatic rings. The number of nitrogens with one attached hydrogen (secondary N) is 1. The molecule has 0 radical (unpaired) electrons. The molecule has 2 unspecified atom stereocenters. The lowest BCUT2D eigenvalue weighted by Gasteiger charge is -2.26. The minimum atomic E-state index is -0.0123. The maximum absolute atomic E-state index is 6.08. The molecule has 1 aliphatic heterocycles. The summed E-state index contributed by atoms with van der Waals surface area (Å²) in [6.07, 6.45) is 3.72. The maximum atomic E-state index is 6.08. The molecule has 1 saturated heterocycles. The quantitative estimate of drug-likeness (QED) is 0.832. The van der Waals surface area contributed by atoms with Gasteiger partial charge in [0.2, 0.25) is 0 Å². The van der Waals surface area contributed by atoms with Crippen molar-refractivity contribution in [3.05, 3.63) is 29.8 Å². The summed E-state index contributed by atoms with van der Waals surface area (Å²) in [5.74, 6) is 0.873. The van der Waals surface area contributed by atoms with Crippen LogP contribution in [-0.2, 0) is 9.47 Å². The highest BCUT2D eigenvalue weighted by molar-refractivity contribution is 5.35. The molecular weight excluding hydrogens is 254 g/mol. The van der Waals surface area contributed by atoms with Crippen molar-refractivity contribution in [2.45, 2.75) is 31.5 Å². The van der Waals surface area contributed by atoms with E-state index in [0.717, 1.165) is 30.9 Å². The van der Waals surface area contributed by atoms with Gasteiger partial charge in [0.05, 0.1) is 25.9 Å². The summed E-state index contributed by atoms with van der Waals surface area (Å²) in [6.45, 7) is 2.26. The van der Waals surface area contributed by atoms with Gasteiger partial charge in [0.15, 0.2) is 0 Å². The Bertz CT molecular complexity index is 391. The normalized spacial score (nSPS) is 20.6. The van der Waals surface area contributed by atoms with Crippen LogP contribution in [0, 0.1) is 0 Å². The number of para-hydroxylation sites is 1. The second-order valence-corrected chi connectivity index (χ2v) is 5.11. The Morgan fingerprint density at radius 2 is 2.20 bits per heavy atom. The summed E-state index contributed by atoms with van der Waals surface area (Å²) in [5, 5.41) is 3.18. The van der Waals surface area contributed by atoms with Crippen molar-refractivity contribution in [3.63, 3.8) is 0 Å². The zero-order chi connectivity index (χ0) is 14.2. The summed E-state index contributed by atoms with van der Waals surface area (Å²) in [7, 11) is 3.63. The SMILES string of the molecule is CNCC(OCC1CCCCO1)c1ccccc1OC. The van der Waals surface area contributed by atoms with Crippen molar-refractivity contribution in [2.24, 2.45) is 0 Å².